The summed E-state index contributed by atoms with van der Waals surface area (Å²) in [7, 11) is 0. The van der Waals surface area contributed by atoms with Crippen LogP contribution >= 0.6 is 0 Å². The number of nitrogens with one attached hydrogen (secondary N) is 1. The summed E-state index contributed by atoms with van der Waals surface area (Å²) in [4.78, 5) is 26.4. The number of nitrogens with zero attached hydrogens (tertiary/aromatic N) is 1. The van der Waals surface area contributed by atoms with Crippen molar-refractivity contribution in [1.82, 2.24) is 4.90 Å². The number of nitrogens with two attached hydrogens (primary N) is 1. The molecule has 1 atom stereocenters. The highest BCUT2D eigenvalue weighted by Crippen LogP contribution is 2.26. The molecule has 5 nitrogen and oxygen atoms in total. The molecule has 154 valence electrons. The van der Waals surface area contributed by atoms with E-state index >= 15 is 0 Å². The largest absolute Gasteiger partial charge is 0.369 e. The van der Waals surface area contributed by atoms with Crippen LogP contribution in [-0.2, 0) is 21.5 Å². The molecule has 1 unspecified atom stereocenters. The normalized spacial score (nSPS) is 17.7. The Labute approximate surface area is 171 Å². The van der Waals surface area contributed by atoms with E-state index in [1.807, 2.05) is 38.1 Å². The van der Waals surface area contributed by atoms with Gasteiger partial charge >= 0.3 is 0 Å². The van der Waals surface area contributed by atoms with Gasteiger partial charge in [0.15, 0.2) is 0 Å². The fraction of sp³-hybridized carbons (Fsp3) is 0.391. The number of amides is 2. The first-order valence-electron chi connectivity index (χ1n) is 9.94. The molecule has 3 N–H and O–H groups in total. The zero-order valence-corrected chi connectivity index (χ0v) is 17.0. The van der Waals surface area contributed by atoms with Gasteiger partial charge in [-0.1, -0.05) is 24.3 Å². The van der Waals surface area contributed by atoms with E-state index in [2.05, 4.69) is 10.2 Å². The lowest BCUT2D eigenvalue weighted by Crippen LogP contribution is -2.40. The Hall–Kier alpha value is -2.73. The minimum Gasteiger partial charge on any atom is -0.369 e. The molecule has 6 heteroatoms. The van der Waals surface area contributed by atoms with Crippen molar-refractivity contribution in [1.29, 1.82) is 0 Å². The number of benzene rings is 2. The first-order valence-corrected chi connectivity index (χ1v) is 9.94. The van der Waals surface area contributed by atoms with Crippen LogP contribution in [-0.4, -0.2) is 29.8 Å². The van der Waals surface area contributed by atoms with E-state index < -0.39 is 5.41 Å². The number of hydrogen-bond donors (Lipinski definition) is 2. The highest BCUT2D eigenvalue weighted by Gasteiger charge is 2.30. The first kappa shape index (κ1) is 21.0. The smallest absolute Gasteiger partial charge is 0.234 e. The summed E-state index contributed by atoms with van der Waals surface area (Å²) in [6.07, 6.45) is 1.83. The molecule has 2 amide bonds. The summed E-state index contributed by atoms with van der Waals surface area (Å²) in [5, 5.41) is 2.94. The topological polar surface area (TPSA) is 75.4 Å². The SMILES string of the molecule is CC(C)(C(=O)Nc1ccc(CN2CCCC(C(N)=O)C2)cc1)c1ccc(F)cc1. The number of carbonyl (C=O) groups excluding carboxylic acids is 2. The fourth-order valence-corrected chi connectivity index (χ4v) is 3.67. The molecule has 2 aromatic carbocycles. The van der Waals surface area contributed by atoms with Gasteiger partial charge in [0.2, 0.25) is 11.8 Å². The van der Waals surface area contributed by atoms with Crippen molar-refractivity contribution in [3.8, 4) is 0 Å². The number of carbonyl (C=O) groups is 2. The standard InChI is InChI=1S/C23H28FN3O2/c1-23(2,18-7-9-19(24)10-8-18)22(29)26-20-11-5-16(6-12-20)14-27-13-3-4-17(15-27)21(25)28/h5-12,17H,3-4,13-15H2,1-2H3,(H2,25,28)(H,26,29). The molecule has 0 radical (unpaired) electrons. The number of anilines is 1. The van der Waals surface area contributed by atoms with Gasteiger partial charge in [-0.15, -0.1) is 0 Å². The highest BCUT2D eigenvalue weighted by atomic mass is 19.1. The van der Waals surface area contributed by atoms with Gasteiger partial charge in [-0.2, -0.15) is 0 Å². The Morgan fingerprint density at radius 1 is 1.14 bits per heavy atom. The maximum atomic E-state index is 13.2. The second-order valence-electron chi connectivity index (χ2n) is 8.26. The van der Waals surface area contributed by atoms with Crippen molar-refractivity contribution in [2.45, 2.75) is 38.6 Å². The predicted octanol–water partition coefficient (Wildman–Crippen LogP) is 3.44. The Morgan fingerprint density at radius 2 is 1.79 bits per heavy atom. The van der Waals surface area contributed by atoms with E-state index in [9.17, 15) is 14.0 Å². The van der Waals surface area contributed by atoms with Crippen LogP contribution in [0.2, 0.25) is 0 Å². The second-order valence-corrected chi connectivity index (χ2v) is 8.26. The van der Waals surface area contributed by atoms with Gasteiger partial charge in [-0.3, -0.25) is 14.5 Å². The summed E-state index contributed by atoms with van der Waals surface area (Å²) in [5.74, 6) is -0.777. The highest BCUT2D eigenvalue weighted by molar-refractivity contribution is 5.98. The van der Waals surface area contributed by atoms with Gasteiger partial charge < -0.3 is 11.1 Å². The number of likely N-dealkylation sites (tertiary alicyclic amines) is 1. The molecule has 0 saturated carbocycles. The molecule has 1 aliphatic rings. The van der Waals surface area contributed by atoms with E-state index in [1.54, 1.807) is 12.1 Å². The van der Waals surface area contributed by atoms with E-state index in [4.69, 9.17) is 5.73 Å². The molecule has 3 rings (SSSR count). The number of rotatable bonds is 6. The van der Waals surface area contributed by atoms with Crippen LogP contribution in [0, 0.1) is 11.7 Å². The second kappa shape index (κ2) is 8.74. The molecule has 1 heterocycles. The van der Waals surface area contributed by atoms with E-state index in [0.29, 0.717) is 12.2 Å². The Balaban J connectivity index is 1.60. The van der Waals surface area contributed by atoms with Crippen molar-refractivity contribution in [2.75, 3.05) is 18.4 Å². The lowest BCUT2D eigenvalue weighted by atomic mass is 9.83. The van der Waals surface area contributed by atoms with Crippen LogP contribution in [0.5, 0.6) is 0 Å². The quantitative estimate of drug-likeness (QED) is 0.784. The average Bonchev–Trinajstić information content (AvgIpc) is 2.70. The molecule has 1 fully saturated rings. The van der Waals surface area contributed by atoms with Gasteiger partial charge in [-0.05, 0) is 68.6 Å². The number of halogens is 1. The first-order chi connectivity index (χ1) is 13.8. The molecule has 0 spiro atoms. The molecule has 2 aromatic rings. The van der Waals surface area contributed by atoms with Crippen molar-refractivity contribution >= 4 is 17.5 Å². The van der Waals surface area contributed by atoms with Crippen molar-refractivity contribution in [3.05, 3.63) is 65.5 Å². The third-order valence-corrected chi connectivity index (χ3v) is 5.66. The van der Waals surface area contributed by atoms with Gasteiger partial charge in [0.05, 0.1) is 11.3 Å². The molecule has 0 bridgehead atoms. The zero-order chi connectivity index (χ0) is 21.0. The third-order valence-electron chi connectivity index (χ3n) is 5.66. The van der Waals surface area contributed by atoms with Crippen molar-refractivity contribution in [2.24, 2.45) is 11.7 Å². The minimum atomic E-state index is -0.788. The van der Waals surface area contributed by atoms with Gasteiger partial charge in [0.25, 0.3) is 0 Å². The maximum Gasteiger partial charge on any atom is 0.234 e. The van der Waals surface area contributed by atoms with E-state index in [1.165, 1.54) is 12.1 Å². The third kappa shape index (κ3) is 5.21. The Bertz CT molecular complexity index is 863. The van der Waals surface area contributed by atoms with Crippen molar-refractivity contribution in [3.63, 3.8) is 0 Å². The molecular weight excluding hydrogens is 369 g/mol. The number of piperidine rings is 1. The summed E-state index contributed by atoms with van der Waals surface area (Å²) in [6, 6.07) is 13.7. The summed E-state index contributed by atoms with van der Waals surface area (Å²) in [5.41, 5.74) is 7.24. The van der Waals surface area contributed by atoms with E-state index in [-0.39, 0.29) is 23.5 Å². The molecular formula is C23H28FN3O2. The number of primary amides is 1. The lowest BCUT2D eigenvalue weighted by molar-refractivity contribution is -0.123. The monoisotopic (exact) mass is 397 g/mol. The molecule has 0 aliphatic carbocycles. The van der Waals surface area contributed by atoms with Crippen LogP contribution < -0.4 is 11.1 Å². The van der Waals surface area contributed by atoms with Crippen LogP contribution in [0.3, 0.4) is 0 Å². The maximum absolute atomic E-state index is 13.2. The van der Waals surface area contributed by atoms with Crippen LogP contribution in [0.15, 0.2) is 48.5 Å². The van der Waals surface area contributed by atoms with Crippen molar-refractivity contribution < 1.29 is 14.0 Å². The molecule has 0 aromatic heterocycles. The van der Waals surface area contributed by atoms with Crippen LogP contribution in [0.1, 0.15) is 37.8 Å². The molecule has 1 saturated heterocycles. The fourth-order valence-electron chi connectivity index (χ4n) is 3.67. The zero-order valence-electron chi connectivity index (χ0n) is 17.0. The van der Waals surface area contributed by atoms with E-state index in [0.717, 1.165) is 37.1 Å². The molecule has 1 aliphatic heterocycles. The van der Waals surface area contributed by atoms with Gasteiger partial charge in [0, 0.05) is 18.8 Å². The average molecular weight is 397 g/mol. The van der Waals surface area contributed by atoms with Gasteiger partial charge in [0.1, 0.15) is 5.82 Å². The minimum absolute atomic E-state index is 0.0731. The summed E-state index contributed by atoms with van der Waals surface area (Å²) >= 11 is 0. The summed E-state index contributed by atoms with van der Waals surface area (Å²) in [6.45, 7) is 6.03. The Kier molecular flexibility index (Phi) is 6.33. The van der Waals surface area contributed by atoms with Crippen LogP contribution in [0.4, 0.5) is 10.1 Å². The summed E-state index contributed by atoms with van der Waals surface area (Å²) < 4.78 is 13.2. The predicted molar refractivity (Wildman–Crippen MR) is 112 cm³/mol. The molecule has 29 heavy (non-hydrogen) atoms. The van der Waals surface area contributed by atoms with Crippen LogP contribution in [0.25, 0.3) is 0 Å². The Morgan fingerprint density at radius 3 is 2.41 bits per heavy atom. The number of hydrogen-bond acceptors (Lipinski definition) is 3. The van der Waals surface area contributed by atoms with Gasteiger partial charge in [-0.25, -0.2) is 4.39 Å². The lowest BCUT2D eigenvalue weighted by Gasteiger charge is -2.31.